The van der Waals surface area contributed by atoms with Crippen LogP contribution in [0.25, 0.3) is 22.0 Å². The van der Waals surface area contributed by atoms with Crippen LogP contribution in [0.15, 0.2) is 54.7 Å². The fraction of sp³-hybridized carbons (Fsp3) is 0.318. The summed E-state index contributed by atoms with van der Waals surface area (Å²) in [5.41, 5.74) is 2.03. The number of nitrogens with one attached hydrogen (secondary N) is 1. The molecule has 1 aromatic heterocycles. The number of anilines is 1. The Morgan fingerprint density at radius 3 is 2.71 bits per heavy atom. The molecule has 1 aliphatic rings. The van der Waals surface area contributed by atoms with Crippen LogP contribution in [0, 0.1) is 5.92 Å². The Kier molecular flexibility index (Phi) is 5.37. The number of benzene rings is 2. The van der Waals surface area contributed by atoms with Gasteiger partial charge in [-0.25, -0.2) is 14.8 Å². The number of alkyl carbamates (subject to hydrolysis) is 1. The highest BCUT2D eigenvalue weighted by molar-refractivity contribution is 5.86. The van der Waals surface area contributed by atoms with Gasteiger partial charge < -0.3 is 15.0 Å². The van der Waals surface area contributed by atoms with E-state index in [1.54, 1.807) is 0 Å². The van der Waals surface area contributed by atoms with Gasteiger partial charge in [0.15, 0.2) is 0 Å². The molecule has 1 saturated heterocycles. The molecular weight excluding hydrogens is 352 g/mol. The van der Waals surface area contributed by atoms with Crippen molar-refractivity contribution >= 4 is 22.8 Å². The number of aromatic nitrogens is 2. The maximum atomic E-state index is 11.2. The summed E-state index contributed by atoms with van der Waals surface area (Å²) in [7, 11) is 1.39. The molecule has 1 N–H and O–H groups in total. The second-order valence-corrected chi connectivity index (χ2v) is 7.11. The van der Waals surface area contributed by atoms with Crippen LogP contribution in [0.5, 0.6) is 0 Å². The predicted octanol–water partition coefficient (Wildman–Crippen LogP) is 3.87. The zero-order chi connectivity index (χ0) is 19.3. The lowest BCUT2D eigenvalue weighted by Crippen LogP contribution is -2.39. The van der Waals surface area contributed by atoms with E-state index in [9.17, 15) is 4.79 Å². The van der Waals surface area contributed by atoms with E-state index in [-0.39, 0.29) is 6.09 Å². The number of piperidine rings is 1. The molecular formula is C22H24N4O2. The van der Waals surface area contributed by atoms with Gasteiger partial charge in [0.05, 0.1) is 12.8 Å². The third-order valence-electron chi connectivity index (χ3n) is 5.31. The Balaban J connectivity index is 1.45. The predicted molar refractivity (Wildman–Crippen MR) is 110 cm³/mol. The first-order chi connectivity index (χ1) is 13.7. The standard InChI is InChI=1S/C22H24N4O2/c1-28-22(27)24-15-16-9-12-26(13-10-16)21-23-11-8-20(25-21)19-7-6-17-4-2-3-5-18(17)14-19/h2-8,11,14,16H,9-10,12-13,15H2,1H3,(H,24,27). The summed E-state index contributed by atoms with van der Waals surface area (Å²) < 4.78 is 4.63. The largest absolute Gasteiger partial charge is 0.453 e. The number of amides is 1. The van der Waals surface area contributed by atoms with Crippen LogP contribution in [0.2, 0.25) is 0 Å². The molecule has 1 amide bonds. The molecule has 0 atom stereocenters. The van der Waals surface area contributed by atoms with Crippen molar-refractivity contribution in [1.82, 2.24) is 15.3 Å². The van der Waals surface area contributed by atoms with Crippen LogP contribution in [0.4, 0.5) is 10.7 Å². The molecule has 0 unspecified atom stereocenters. The van der Waals surface area contributed by atoms with Gasteiger partial charge in [0.2, 0.25) is 5.95 Å². The molecule has 2 aromatic carbocycles. The van der Waals surface area contributed by atoms with Gasteiger partial charge in [0.1, 0.15) is 0 Å². The molecule has 28 heavy (non-hydrogen) atoms. The van der Waals surface area contributed by atoms with Crippen molar-refractivity contribution in [2.24, 2.45) is 5.92 Å². The normalized spacial score (nSPS) is 14.8. The van der Waals surface area contributed by atoms with Gasteiger partial charge in [-0.1, -0.05) is 36.4 Å². The first-order valence-corrected chi connectivity index (χ1v) is 9.62. The van der Waals surface area contributed by atoms with Crippen molar-refractivity contribution in [2.45, 2.75) is 12.8 Å². The maximum Gasteiger partial charge on any atom is 0.406 e. The molecule has 144 valence electrons. The minimum absolute atomic E-state index is 0.367. The van der Waals surface area contributed by atoms with Gasteiger partial charge in [0, 0.05) is 31.4 Å². The number of carbonyl (C=O) groups is 1. The number of carbonyl (C=O) groups excluding carboxylic acids is 1. The van der Waals surface area contributed by atoms with E-state index in [1.807, 2.05) is 12.3 Å². The molecule has 3 aromatic rings. The van der Waals surface area contributed by atoms with E-state index < -0.39 is 0 Å². The van der Waals surface area contributed by atoms with Crippen molar-refractivity contribution in [1.29, 1.82) is 0 Å². The summed E-state index contributed by atoms with van der Waals surface area (Å²) in [5, 5.41) is 5.22. The number of hydrogen-bond acceptors (Lipinski definition) is 5. The third-order valence-corrected chi connectivity index (χ3v) is 5.31. The monoisotopic (exact) mass is 376 g/mol. The summed E-state index contributed by atoms with van der Waals surface area (Å²) in [4.78, 5) is 22.8. The third kappa shape index (κ3) is 4.06. The SMILES string of the molecule is COC(=O)NCC1CCN(c2nccc(-c3ccc4ccccc4c3)n2)CC1. The van der Waals surface area contributed by atoms with Crippen molar-refractivity contribution < 1.29 is 9.53 Å². The molecule has 1 aliphatic heterocycles. The molecule has 1 fully saturated rings. The molecule has 0 spiro atoms. The van der Waals surface area contributed by atoms with Crippen LogP contribution in [0.3, 0.4) is 0 Å². The smallest absolute Gasteiger partial charge is 0.406 e. The lowest BCUT2D eigenvalue weighted by atomic mass is 9.97. The lowest BCUT2D eigenvalue weighted by molar-refractivity contribution is 0.168. The quantitative estimate of drug-likeness (QED) is 0.749. The Bertz CT molecular complexity index is 967. The van der Waals surface area contributed by atoms with Crippen LogP contribution in [-0.2, 0) is 4.74 Å². The minimum atomic E-state index is -0.367. The second kappa shape index (κ2) is 8.25. The number of ether oxygens (including phenoxy) is 1. The number of hydrogen-bond donors (Lipinski definition) is 1. The van der Waals surface area contributed by atoms with E-state index in [1.165, 1.54) is 17.9 Å². The molecule has 2 heterocycles. The Hall–Kier alpha value is -3.15. The molecule has 0 bridgehead atoms. The average molecular weight is 376 g/mol. The van der Waals surface area contributed by atoms with Gasteiger partial charge in [-0.3, -0.25) is 0 Å². The highest BCUT2D eigenvalue weighted by atomic mass is 16.5. The van der Waals surface area contributed by atoms with Gasteiger partial charge in [-0.2, -0.15) is 0 Å². The average Bonchev–Trinajstić information content (AvgIpc) is 2.77. The van der Waals surface area contributed by atoms with Crippen molar-refractivity contribution in [3.8, 4) is 11.3 Å². The Labute approximate surface area is 164 Å². The van der Waals surface area contributed by atoms with Crippen LogP contribution < -0.4 is 10.2 Å². The van der Waals surface area contributed by atoms with Crippen molar-refractivity contribution in [3.63, 3.8) is 0 Å². The Morgan fingerprint density at radius 1 is 1.14 bits per heavy atom. The summed E-state index contributed by atoms with van der Waals surface area (Å²) >= 11 is 0. The topological polar surface area (TPSA) is 67.3 Å². The molecule has 0 saturated carbocycles. The summed E-state index contributed by atoms with van der Waals surface area (Å²) in [6.45, 7) is 2.42. The van der Waals surface area contributed by atoms with Gasteiger partial charge >= 0.3 is 6.09 Å². The number of rotatable bonds is 4. The minimum Gasteiger partial charge on any atom is -0.453 e. The van der Waals surface area contributed by atoms with Crippen molar-refractivity contribution in [2.75, 3.05) is 31.6 Å². The number of fused-ring (bicyclic) bond motifs is 1. The van der Waals surface area contributed by atoms with Gasteiger partial charge in [0.25, 0.3) is 0 Å². The van der Waals surface area contributed by atoms with Crippen molar-refractivity contribution in [3.05, 3.63) is 54.7 Å². The number of nitrogens with zero attached hydrogens (tertiary/aromatic N) is 3. The van der Waals surface area contributed by atoms with Crippen LogP contribution >= 0.6 is 0 Å². The summed E-state index contributed by atoms with van der Waals surface area (Å²) in [5.74, 6) is 1.23. The fourth-order valence-corrected chi connectivity index (χ4v) is 3.65. The van der Waals surface area contributed by atoms with E-state index in [4.69, 9.17) is 4.98 Å². The molecule has 0 aliphatic carbocycles. The summed E-state index contributed by atoms with van der Waals surface area (Å²) in [6.07, 6.45) is 3.45. The van der Waals surface area contributed by atoms with E-state index in [2.05, 4.69) is 62.4 Å². The van der Waals surface area contributed by atoms with Gasteiger partial charge in [-0.15, -0.1) is 0 Å². The molecule has 0 radical (unpaired) electrons. The molecule has 6 nitrogen and oxygen atoms in total. The second-order valence-electron chi connectivity index (χ2n) is 7.11. The highest BCUT2D eigenvalue weighted by Crippen LogP contribution is 2.25. The van der Waals surface area contributed by atoms with E-state index >= 15 is 0 Å². The zero-order valence-electron chi connectivity index (χ0n) is 16.0. The zero-order valence-corrected chi connectivity index (χ0v) is 16.0. The lowest BCUT2D eigenvalue weighted by Gasteiger charge is -2.32. The van der Waals surface area contributed by atoms with Crippen LogP contribution in [0.1, 0.15) is 12.8 Å². The fourth-order valence-electron chi connectivity index (χ4n) is 3.65. The van der Waals surface area contributed by atoms with Gasteiger partial charge in [-0.05, 0) is 41.7 Å². The summed E-state index contributed by atoms with van der Waals surface area (Å²) in [6, 6.07) is 16.7. The Morgan fingerprint density at radius 2 is 1.93 bits per heavy atom. The highest BCUT2D eigenvalue weighted by Gasteiger charge is 2.21. The van der Waals surface area contributed by atoms with Crippen LogP contribution in [-0.4, -0.2) is 42.8 Å². The molecule has 6 heteroatoms. The van der Waals surface area contributed by atoms with E-state index in [0.717, 1.165) is 43.1 Å². The first kappa shape index (κ1) is 18.2. The van der Waals surface area contributed by atoms with E-state index in [0.29, 0.717) is 12.5 Å². The number of methoxy groups -OCH3 is 1. The maximum absolute atomic E-state index is 11.2. The first-order valence-electron chi connectivity index (χ1n) is 9.62. The molecule has 4 rings (SSSR count).